The lowest BCUT2D eigenvalue weighted by molar-refractivity contribution is -0.126. The molecular weight excluding hydrogens is 442 g/mol. The first kappa shape index (κ1) is 23.5. The van der Waals surface area contributed by atoms with Gasteiger partial charge in [0, 0.05) is 17.3 Å². The standard InChI is InChI=1S/C28H25N3O4/c1-34-23-12-7-11-22(16-23)30-27(32)17-28(33)31-29-18-25-24-13-6-5-10-21(24)14-15-26(25)35-19-20-8-3-2-4-9-20/h2-16,18H,17,19H2,1H3,(H,30,32)(H,31,33). The summed E-state index contributed by atoms with van der Waals surface area (Å²) >= 11 is 0. The molecular formula is C28H25N3O4. The second-order valence-corrected chi connectivity index (χ2v) is 7.72. The van der Waals surface area contributed by atoms with Crippen molar-refractivity contribution in [2.24, 2.45) is 5.10 Å². The van der Waals surface area contributed by atoms with Crippen LogP contribution in [0.5, 0.6) is 11.5 Å². The zero-order valence-electron chi connectivity index (χ0n) is 19.2. The molecule has 0 saturated carbocycles. The first-order chi connectivity index (χ1) is 17.1. The molecule has 0 heterocycles. The van der Waals surface area contributed by atoms with E-state index in [1.54, 1.807) is 37.6 Å². The van der Waals surface area contributed by atoms with E-state index in [1.807, 2.05) is 66.7 Å². The molecule has 0 aliphatic rings. The molecule has 0 aliphatic carbocycles. The Balaban J connectivity index is 1.42. The highest BCUT2D eigenvalue weighted by Crippen LogP contribution is 2.27. The summed E-state index contributed by atoms with van der Waals surface area (Å²) < 4.78 is 11.2. The van der Waals surface area contributed by atoms with Gasteiger partial charge in [-0.05, 0) is 34.5 Å². The largest absolute Gasteiger partial charge is 0.497 e. The highest BCUT2D eigenvalue weighted by Gasteiger charge is 2.11. The number of hydrogen-bond acceptors (Lipinski definition) is 5. The highest BCUT2D eigenvalue weighted by molar-refractivity contribution is 6.05. The Morgan fingerprint density at radius 3 is 2.51 bits per heavy atom. The first-order valence-electron chi connectivity index (χ1n) is 11.1. The number of ether oxygens (including phenoxy) is 2. The van der Waals surface area contributed by atoms with Crippen LogP contribution in [0, 0.1) is 0 Å². The molecule has 0 fully saturated rings. The second kappa shape index (κ2) is 11.5. The van der Waals surface area contributed by atoms with Crippen molar-refractivity contribution in [2.75, 3.05) is 12.4 Å². The minimum Gasteiger partial charge on any atom is -0.497 e. The summed E-state index contributed by atoms with van der Waals surface area (Å²) in [6.07, 6.45) is 1.17. The lowest BCUT2D eigenvalue weighted by Gasteiger charge is -2.12. The lowest BCUT2D eigenvalue weighted by atomic mass is 10.0. The van der Waals surface area contributed by atoms with Gasteiger partial charge in [0.2, 0.25) is 11.8 Å². The molecule has 4 rings (SSSR count). The second-order valence-electron chi connectivity index (χ2n) is 7.72. The number of methoxy groups -OCH3 is 1. The zero-order chi connectivity index (χ0) is 24.5. The molecule has 0 aliphatic heterocycles. The summed E-state index contributed by atoms with van der Waals surface area (Å²) in [6, 6.07) is 28.5. The van der Waals surface area contributed by atoms with E-state index in [9.17, 15) is 9.59 Å². The van der Waals surface area contributed by atoms with Crippen LogP contribution in [0.1, 0.15) is 17.5 Å². The summed E-state index contributed by atoms with van der Waals surface area (Å²) in [5.74, 6) is 0.259. The van der Waals surface area contributed by atoms with Crippen molar-refractivity contribution in [3.8, 4) is 11.5 Å². The predicted molar refractivity (Wildman–Crippen MR) is 137 cm³/mol. The smallest absolute Gasteiger partial charge is 0.249 e. The van der Waals surface area contributed by atoms with Crippen molar-refractivity contribution >= 4 is 34.5 Å². The average Bonchev–Trinajstić information content (AvgIpc) is 2.88. The van der Waals surface area contributed by atoms with Gasteiger partial charge in [-0.2, -0.15) is 5.10 Å². The summed E-state index contributed by atoms with van der Waals surface area (Å²) in [7, 11) is 1.54. The maximum atomic E-state index is 12.3. The van der Waals surface area contributed by atoms with Gasteiger partial charge in [0.25, 0.3) is 0 Å². The Labute approximate surface area is 203 Å². The van der Waals surface area contributed by atoms with Crippen LogP contribution in [0.2, 0.25) is 0 Å². The zero-order valence-corrected chi connectivity index (χ0v) is 19.2. The average molecular weight is 468 g/mol. The minimum absolute atomic E-state index is 0.374. The molecule has 0 aromatic heterocycles. The molecule has 4 aromatic rings. The summed E-state index contributed by atoms with van der Waals surface area (Å²) in [6.45, 7) is 0.400. The van der Waals surface area contributed by atoms with Crippen LogP contribution in [-0.2, 0) is 16.2 Å². The van der Waals surface area contributed by atoms with Gasteiger partial charge in [0.1, 0.15) is 24.5 Å². The van der Waals surface area contributed by atoms with E-state index in [0.717, 1.165) is 21.9 Å². The van der Waals surface area contributed by atoms with Crippen LogP contribution < -0.4 is 20.2 Å². The summed E-state index contributed by atoms with van der Waals surface area (Å²) in [4.78, 5) is 24.5. The molecule has 2 N–H and O–H groups in total. The van der Waals surface area contributed by atoms with E-state index in [4.69, 9.17) is 9.47 Å². The molecule has 7 nitrogen and oxygen atoms in total. The number of hydrazone groups is 1. The Bertz CT molecular complexity index is 1350. The molecule has 7 heteroatoms. The van der Waals surface area contributed by atoms with Gasteiger partial charge >= 0.3 is 0 Å². The first-order valence-corrected chi connectivity index (χ1v) is 11.1. The number of nitrogens with one attached hydrogen (secondary N) is 2. The van der Waals surface area contributed by atoms with E-state index in [1.165, 1.54) is 0 Å². The number of rotatable bonds is 9. The van der Waals surface area contributed by atoms with Crippen molar-refractivity contribution in [2.45, 2.75) is 13.0 Å². The predicted octanol–water partition coefficient (Wildman–Crippen LogP) is 4.91. The number of carbonyl (C=O) groups is 2. The van der Waals surface area contributed by atoms with Gasteiger partial charge in [0.05, 0.1) is 13.3 Å². The molecule has 176 valence electrons. The molecule has 35 heavy (non-hydrogen) atoms. The van der Waals surface area contributed by atoms with Gasteiger partial charge in [0.15, 0.2) is 0 Å². The van der Waals surface area contributed by atoms with Gasteiger partial charge in [-0.1, -0.05) is 66.7 Å². The fraction of sp³-hybridized carbons (Fsp3) is 0.107. The van der Waals surface area contributed by atoms with Gasteiger partial charge in [-0.3, -0.25) is 9.59 Å². The number of anilines is 1. The van der Waals surface area contributed by atoms with Gasteiger partial charge in [-0.25, -0.2) is 5.43 Å². The molecule has 0 spiro atoms. The van der Waals surface area contributed by atoms with E-state index in [0.29, 0.717) is 23.8 Å². The SMILES string of the molecule is COc1cccc(NC(=O)CC(=O)NN=Cc2c(OCc3ccccc3)ccc3ccccc23)c1. The summed E-state index contributed by atoms with van der Waals surface area (Å²) in [5.41, 5.74) is 4.75. The number of benzene rings is 4. The number of hydrogen-bond donors (Lipinski definition) is 2. The minimum atomic E-state index is -0.534. The van der Waals surface area contributed by atoms with Gasteiger partial charge < -0.3 is 14.8 Å². The van der Waals surface area contributed by atoms with Crippen LogP contribution in [0.4, 0.5) is 5.69 Å². The Hall–Kier alpha value is -4.65. The molecule has 0 bridgehead atoms. The van der Waals surface area contributed by atoms with E-state index in [2.05, 4.69) is 15.8 Å². The Morgan fingerprint density at radius 2 is 1.69 bits per heavy atom. The molecule has 2 amide bonds. The number of nitrogens with zero attached hydrogens (tertiary/aromatic N) is 1. The van der Waals surface area contributed by atoms with E-state index >= 15 is 0 Å². The fourth-order valence-electron chi connectivity index (χ4n) is 3.53. The Kier molecular flexibility index (Phi) is 7.70. The van der Waals surface area contributed by atoms with Crippen LogP contribution in [0.25, 0.3) is 10.8 Å². The quantitative estimate of drug-likeness (QED) is 0.208. The van der Waals surface area contributed by atoms with Crippen LogP contribution in [0.15, 0.2) is 96.1 Å². The van der Waals surface area contributed by atoms with Crippen LogP contribution >= 0.6 is 0 Å². The fourth-order valence-corrected chi connectivity index (χ4v) is 3.53. The molecule has 4 aromatic carbocycles. The number of fused-ring (bicyclic) bond motifs is 1. The van der Waals surface area contributed by atoms with Crippen LogP contribution in [-0.4, -0.2) is 25.1 Å². The van der Waals surface area contributed by atoms with E-state index in [-0.39, 0.29) is 6.42 Å². The topological polar surface area (TPSA) is 89.0 Å². The normalized spacial score (nSPS) is 10.8. The third-order valence-corrected chi connectivity index (χ3v) is 5.23. The number of carbonyl (C=O) groups excluding carboxylic acids is 2. The van der Waals surface area contributed by atoms with Crippen molar-refractivity contribution in [1.82, 2.24) is 5.43 Å². The third-order valence-electron chi connectivity index (χ3n) is 5.23. The van der Waals surface area contributed by atoms with E-state index < -0.39 is 11.8 Å². The highest BCUT2D eigenvalue weighted by atomic mass is 16.5. The molecule has 0 saturated heterocycles. The molecule has 0 radical (unpaired) electrons. The van der Waals surface area contributed by atoms with Crippen molar-refractivity contribution in [1.29, 1.82) is 0 Å². The maximum absolute atomic E-state index is 12.3. The van der Waals surface area contributed by atoms with Gasteiger partial charge in [-0.15, -0.1) is 0 Å². The van der Waals surface area contributed by atoms with Crippen LogP contribution in [0.3, 0.4) is 0 Å². The molecule has 0 unspecified atom stereocenters. The lowest BCUT2D eigenvalue weighted by Crippen LogP contribution is -2.24. The van der Waals surface area contributed by atoms with Crippen molar-refractivity contribution < 1.29 is 19.1 Å². The summed E-state index contributed by atoms with van der Waals surface area (Å²) in [5, 5.41) is 8.72. The van der Waals surface area contributed by atoms with Crippen molar-refractivity contribution in [3.63, 3.8) is 0 Å². The third kappa shape index (κ3) is 6.45. The Morgan fingerprint density at radius 1 is 0.886 bits per heavy atom. The molecule has 0 atom stereocenters. The monoisotopic (exact) mass is 467 g/mol. The van der Waals surface area contributed by atoms with Crippen molar-refractivity contribution in [3.05, 3.63) is 102 Å². The maximum Gasteiger partial charge on any atom is 0.249 e. The number of amides is 2.